The zero-order valence-electron chi connectivity index (χ0n) is 12.1. The average molecular weight is 261 g/mol. The van der Waals surface area contributed by atoms with Crippen molar-refractivity contribution in [2.45, 2.75) is 76.7 Å². The number of fused-ring (bicyclic) bond motifs is 1. The minimum atomic E-state index is -0.199. The van der Waals surface area contributed by atoms with Crippen LogP contribution in [0.4, 0.5) is 0 Å². The fraction of sp³-hybridized carbons (Fsp3) is 0.706. The SMILES string of the molecule is CCCCCCCC(O)C1CCCc2cccnc21. The Labute approximate surface area is 117 Å². The van der Waals surface area contributed by atoms with Crippen molar-refractivity contribution in [3.63, 3.8) is 0 Å². The standard InChI is InChI=1S/C17H27NO/c1-2-3-4-5-6-12-16(19)15-11-7-9-14-10-8-13-18-17(14)15/h8,10,13,15-16,19H,2-7,9,11-12H2,1H3. The first-order chi connectivity index (χ1) is 9.33. The van der Waals surface area contributed by atoms with Crippen LogP contribution in [0.15, 0.2) is 18.3 Å². The lowest BCUT2D eigenvalue weighted by Crippen LogP contribution is -2.24. The van der Waals surface area contributed by atoms with Crippen molar-refractivity contribution in [2.75, 3.05) is 0 Å². The molecule has 0 saturated carbocycles. The minimum absolute atomic E-state index is 0.199. The second kappa shape index (κ2) is 7.64. The van der Waals surface area contributed by atoms with E-state index in [2.05, 4.69) is 18.0 Å². The molecule has 2 heteroatoms. The number of aliphatic hydroxyl groups is 1. The molecule has 0 bridgehead atoms. The summed E-state index contributed by atoms with van der Waals surface area (Å²) in [5, 5.41) is 10.4. The number of aliphatic hydroxyl groups excluding tert-OH is 1. The van der Waals surface area contributed by atoms with Gasteiger partial charge in [-0.1, -0.05) is 45.1 Å². The number of rotatable bonds is 7. The van der Waals surface area contributed by atoms with E-state index in [0.29, 0.717) is 0 Å². The molecule has 0 aliphatic heterocycles. The van der Waals surface area contributed by atoms with Gasteiger partial charge < -0.3 is 5.11 Å². The Morgan fingerprint density at radius 1 is 1.32 bits per heavy atom. The maximum atomic E-state index is 10.4. The predicted molar refractivity (Wildman–Crippen MR) is 79.3 cm³/mol. The second-order valence-corrected chi connectivity index (χ2v) is 5.82. The zero-order chi connectivity index (χ0) is 13.5. The van der Waals surface area contributed by atoms with Gasteiger partial charge in [0.15, 0.2) is 0 Å². The van der Waals surface area contributed by atoms with Crippen LogP contribution in [0.25, 0.3) is 0 Å². The first-order valence-electron chi connectivity index (χ1n) is 7.94. The molecule has 0 aromatic carbocycles. The summed E-state index contributed by atoms with van der Waals surface area (Å²) >= 11 is 0. The number of aryl methyl sites for hydroxylation is 1. The summed E-state index contributed by atoms with van der Waals surface area (Å²) in [5.41, 5.74) is 2.51. The third-order valence-electron chi connectivity index (χ3n) is 4.31. The van der Waals surface area contributed by atoms with Crippen molar-refractivity contribution < 1.29 is 5.11 Å². The van der Waals surface area contributed by atoms with Gasteiger partial charge in [0.25, 0.3) is 0 Å². The molecule has 1 aromatic rings. The molecule has 0 spiro atoms. The molecule has 1 aliphatic rings. The van der Waals surface area contributed by atoms with Crippen molar-refractivity contribution in [3.05, 3.63) is 29.6 Å². The lowest BCUT2D eigenvalue weighted by Gasteiger charge is -2.28. The highest BCUT2D eigenvalue weighted by molar-refractivity contribution is 5.26. The lowest BCUT2D eigenvalue weighted by atomic mass is 9.81. The van der Waals surface area contributed by atoms with Crippen LogP contribution in [0.1, 0.15) is 75.5 Å². The van der Waals surface area contributed by atoms with Gasteiger partial charge in [0, 0.05) is 17.8 Å². The number of unbranched alkanes of at least 4 members (excludes halogenated alkanes) is 4. The number of pyridine rings is 1. The molecule has 106 valence electrons. The molecule has 0 saturated heterocycles. The molecular formula is C17H27NO. The van der Waals surface area contributed by atoms with E-state index in [1.165, 1.54) is 37.7 Å². The number of aromatic nitrogens is 1. The third-order valence-corrected chi connectivity index (χ3v) is 4.31. The summed E-state index contributed by atoms with van der Waals surface area (Å²) in [6.45, 7) is 2.24. The maximum Gasteiger partial charge on any atom is 0.0623 e. The Balaban J connectivity index is 1.84. The maximum absolute atomic E-state index is 10.4. The van der Waals surface area contributed by atoms with Crippen molar-refractivity contribution in [1.82, 2.24) is 4.98 Å². The molecule has 2 unspecified atom stereocenters. The van der Waals surface area contributed by atoms with Crippen molar-refractivity contribution in [1.29, 1.82) is 0 Å². The highest BCUT2D eigenvalue weighted by Crippen LogP contribution is 2.33. The molecule has 0 fully saturated rings. The first kappa shape index (κ1) is 14.5. The van der Waals surface area contributed by atoms with Gasteiger partial charge in [0.05, 0.1) is 6.10 Å². The smallest absolute Gasteiger partial charge is 0.0623 e. The Kier molecular flexibility index (Phi) is 5.84. The summed E-state index contributed by atoms with van der Waals surface area (Å²) in [6.07, 6.45) is 12.3. The van der Waals surface area contributed by atoms with Crippen LogP contribution in [-0.2, 0) is 6.42 Å². The average Bonchev–Trinajstić information content (AvgIpc) is 2.46. The molecule has 0 amide bonds. The van der Waals surface area contributed by atoms with Crippen LogP contribution < -0.4 is 0 Å². The second-order valence-electron chi connectivity index (χ2n) is 5.82. The van der Waals surface area contributed by atoms with Gasteiger partial charge in [-0.25, -0.2) is 0 Å². The van der Waals surface area contributed by atoms with Gasteiger partial charge in [-0.15, -0.1) is 0 Å². The monoisotopic (exact) mass is 261 g/mol. The van der Waals surface area contributed by atoms with E-state index in [4.69, 9.17) is 0 Å². The Bertz CT molecular complexity index is 377. The minimum Gasteiger partial charge on any atom is -0.392 e. The summed E-state index contributed by atoms with van der Waals surface area (Å²) in [7, 11) is 0. The van der Waals surface area contributed by atoms with Gasteiger partial charge in [0.1, 0.15) is 0 Å². The molecule has 0 radical (unpaired) electrons. The lowest BCUT2D eigenvalue weighted by molar-refractivity contribution is 0.120. The highest BCUT2D eigenvalue weighted by atomic mass is 16.3. The van der Waals surface area contributed by atoms with Gasteiger partial charge >= 0.3 is 0 Å². The summed E-state index contributed by atoms with van der Waals surface area (Å²) in [5.74, 6) is 0.274. The topological polar surface area (TPSA) is 33.1 Å². The fourth-order valence-corrected chi connectivity index (χ4v) is 3.18. The fourth-order valence-electron chi connectivity index (χ4n) is 3.18. The Morgan fingerprint density at radius 3 is 3.00 bits per heavy atom. The van der Waals surface area contributed by atoms with Crippen LogP contribution in [-0.4, -0.2) is 16.2 Å². The van der Waals surface area contributed by atoms with E-state index >= 15 is 0 Å². The van der Waals surface area contributed by atoms with Crippen LogP contribution in [0.2, 0.25) is 0 Å². The first-order valence-corrected chi connectivity index (χ1v) is 7.94. The Hall–Kier alpha value is -0.890. The number of hydrogen-bond donors (Lipinski definition) is 1. The summed E-state index contributed by atoms with van der Waals surface area (Å²) in [4.78, 5) is 4.52. The van der Waals surface area contributed by atoms with Gasteiger partial charge in [-0.3, -0.25) is 4.98 Å². The van der Waals surface area contributed by atoms with E-state index in [0.717, 1.165) is 31.4 Å². The molecule has 1 heterocycles. The van der Waals surface area contributed by atoms with E-state index in [-0.39, 0.29) is 12.0 Å². The number of hydrogen-bond acceptors (Lipinski definition) is 2. The third kappa shape index (κ3) is 4.04. The van der Waals surface area contributed by atoms with Crippen LogP contribution in [0.5, 0.6) is 0 Å². The largest absolute Gasteiger partial charge is 0.392 e. The van der Waals surface area contributed by atoms with E-state index in [9.17, 15) is 5.11 Å². The molecule has 2 atom stereocenters. The van der Waals surface area contributed by atoms with Gasteiger partial charge in [0.2, 0.25) is 0 Å². The summed E-state index contributed by atoms with van der Waals surface area (Å²) in [6, 6.07) is 4.18. The highest BCUT2D eigenvalue weighted by Gasteiger charge is 2.27. The van der Waals surface area contributed by atoms with Crippen molar-refractivity contribution >= 4 is 0 Å². The molecule has 1 aliphatic carbocycles. The van der Waals surface area contributed by atoms with E-state index in [1.807, 2.05) is 12.3 Å². The van der Waals surface area contributed by atoms with E-state index < -0.39 is 0 Å². The predicted octanol–water partition coefficient (Wildman–Crippen LogP) is 4.22. The van der Waals surface area contributed by atoms with Crippen molar-refractivity contribution in [2.24, 2.45) is 0 Å². The Morgan fingerprint density at radius 2 is 2.16 bits per heavy atom. The molecule has 1 aromatic heterocycles. The molecule has 19 heavy (non-hydrogen) atoms. The zero-order valence-corrected chi connectivity index (χ0v) is 12.1. The van der Waals surface area contributed by atoms with Gasteiger partial charge in [-0.05, 0) is 37.3 Å². The summed E-state index contributed by atoms with van der Waals surface area (Å²) < 4.78 is 0. The van der Waals surface area contributed by atoms with Gasteiger partial charge in [-0.2, -0.15) is 0 Å². The molecule has 2 rings (SSSR count). The van der Waals surface area contributed by atoms with Crippen LogP contribution in [0.3, 0.4) is 0 Å². The molecule has 1 N–H and O–H groups in total. The number of nitrogens with zero attached hydrogens (tertiary/aromatic N) is 1. The van der Waals surface area contributed by atoms with Crippen LogP contribution >= 0.6 is 0 Å². The van der Waals surface area contributed by atoms with Crippen LogP contribution in [0, 0.1) is 0 Å². The molecular weight excluding hydrogens is 234 g/mol. The van der Waals surface area contributed by atoms with Crippen molar-refractivity contribution in [3.8, 4) is 0 Å². The quantitative estimate of drug-likeness (QED) is 0.745. The molecule has 2 nitrogen and oxygen atoms in total. The normalized spacial score (nSPS) is 20.0. The van der Waals surface area contributed by atoms with E-state index in [1.54, 1.807) is 0 Å².